The maximum Gasteiger partial charge on any atom is 0.255 e. The molecule has 0 bridgehead atoms. The summed E-state index contributed by atoms with van der Waals surface area (Å²) in [5.41, 5.74) is 5.04. The van der Waals surface area contributed by atoms with Crippen LogP contribution >= 0.6 is 11.8 Å². The summed E-state index contributed by atoms with van der Waals surface area (Å²) < 4.78 is 4.07. The average Bonchev–Trinajstić information content (AvgIpc) is 3.50. The third-order valence-electron chi connectivity index (χ3n) is 5.48. The summed E-state index contributed by atoms with van der Waals surface area (Å²) >= 11 is 1.60. The predicted octanol–water partition coefficient (Wildman–Crippen LogP) is 4.85. The molecule has 150 valence electrons. The fraction of sp³-hybridized carbons (Fsp3) is 0.167. The lowest BCUT2D eigenvalue weighted by atomic mass is 10.2. The van der Waals surface area contributed by atoms with Gasteiger partial charge in [-0.15, -0.1) is 11.8 Å². The number of nitrogens with zero attached hydrogens (tertiary/aromatic N) is 4. The van der Waals surface area contributed by atoms with Crippen molar-refractivity contribution in [1.82, 2.24) is 19.2 Å². The number of aryl methyl sites for hydroxylation is 1. The lowest BCUT2D eigenvalue weighted by molar-refractivity contribution is 0.0745. The Balaban J connectivity index is 1.54. The number of aromatic nitrogens is 3. The minimum Gasteiger partial charge on any atom is -0.328 e. The van der Waals surface area contributed by atoms with Crippen molar-refractivity contribution in [3.05, 3.63) is 95.4 Å². The van der Waals surface area contributed by atoms with E-state index in [1.165, 1.54) is 5.56 Å². The Hall–Kier alpha value is -3.25. The number of carbonyl (C=O) groups excluding carboxylic acids is 1. The number of carbonyl (C=O) groups is 1. The smallest absolute Gasteiger partial charge is 0.255 e. The molecule has 0 radical (unpaired) electrons. The Bertz CT molecular complexity index is 1210. The molecule has 30 heavy (non-hydrogen) atoms. The molecule has 6 heteroatoms. The van der Waals surface area contributed by atoms with Gasteiger partial charge in [-0.05, 0) is 49.6 Å². The number of hydrogen-bond donors (Lipinski definition) is 0. The van der Waals surface area contributed by atoms with Crippen LogP contribution in [0, 0.1) is 6.92 Å². The van der Waals surface area contributed by atoms with E-state index in [0.717, 1.165) is 33.2 Å². The molecule has 0 fully saturated rings. The number of fused-ring (bicyclic) bond motifs is 1. The van der Waals surface area contributed by atoms with Crippen molar-refractivity contribution in [2.45, 2.75) is 24.9 Å². The molecule has 3 heterocycles. The van der Waals surface area contributed by atoms with Gasteiger partial charge in [0.1, 0.15) is 5.82 Å². The Morgan fingerprint density at radius 2 is 1.70 bits per heavy atom. The van der Waals surface area contributed by atoms with Gasteiger partial charge in [0.25, 0.3) is 5.91 Å². The molecule has 0 spiro atoms. The molecule has 1 amide bonds. The van der Waals surface area contributed by atoms with Crippen molar-refractivity contribution < 1.29 is 4.79 Å². The molecule has 0 saturated carbocycles. The highest BCUT2D eigenvalue weighted by atomic mass is 32.2. The third-order valence-corrected chi connectivity index (χ3v) is 6.28. The Labute approximate surface area is 179 Å². The second-order valence-corrected chi connectivity index (χ2v) is 8.30. The van der Waals surface area contributed by atoms with Crippen molar-refractivity contribution in [3.8, 4) is 11.5 Å². The molecule has 2 aromatic heterocycles. The van der Waals surface area contributed by atoms with Gasteiger partial charge in [-0.25, -0.2) is 4.68 Å². The molecule has 0 aliphatic carbocycles. The van der Waals surface area contributed by atoms with Crippen LogP contribution in [-0.4, -0.2) is 31.4 Å². The zero-order chi connectivity index (χ0) is 20.7. The van der Waals surface area contributed by atoms with Gasteiger partial charge in [0, 0.05) is 22.9 Å². The number of rotatable bonds is 4. The Morgan fingerprint density at radius 3 is 2.43 bits per heavy atom. The van der Waals surface area contributed by atoms with Crippen LogP contribution < -0.4 is 0 Å². The van der Waals surface area contributed by atoms with E-state index >= 15 is 0 Å². The highest BCUT2D eigenvalue weighted by molar-refractivity contribution is 7.98. The van der Waals surface area contributed by atoms with Gasteiger partial charge in [-0.2, -0.15) is 5.10 Å². The van der Waals surface area contributed by atoms with Crippen molar-refractivity contribution >= 4 is 17.7 Å². The summed E-state index contributed by atoms with van der Waals surface area (Å²) in [4.78, 5) is 16.1. The highest BCUT2D eigenvalue weighted by Gasteiger charge is 2.32. The van der Waals surface area contributed by atoms with E-state index in [4.69, 9.17) is 5.10 Å². The minimum absolute atomic E-state index is 0.0540. The topological polar surface area (TPSA) is 43.1 Å². The quantitative estimate of drug-likeness (QED) is 0.449. The molecular weight excluding hydrogens is 392 g/mol. The first kappa shape index (κ1) is 18.8. The van der Waals surface area contributed by atoms with E-state index in [-0.39, 0.29) is 5.91 Å². The monoisotopic (exact) mass is 414 g/mol. The molecule has 0 atom stereocenters. The average molecular weight is 415 g/mol. The van der Waals surface area contributed by atoms with Gasteiger partial charge < -0.3 is 9.47 Å². The number of thioether (sulfide) groups is 1. The second kappa shape index (κ2) is 7.54. The van der Waals surface area contributed by atoms with Crippen molar-refractivity contribution in [3.63, 3.8) is 0 Å². The van der Waals surface area contributed by atoms with Crippen LogP contribution in [0.1, 0.15) is 27.2 Å². The van der Waals surface area contributed by atoms with Crippen molar-refractivity contribution in [2.24, 2.45) is 0 Å². The van der Waals surface area contributed by atoms with E-state index in [0.29, 0.717) is 13.1 Å². The molecule has 5 rings (SSSR count). The molecule has 1 aliphatic rings. The highest BCUT2D eigenvalue weighted by Crippen LogP contribution is 2.32. The van der Waals surface area contributed by atoms with Gasteiger partial charge in [0.05, 0.1) is 30.0 Å². The molecular formula is C24H22N4OS. The summed E-state index contributed by atoms with van der Waals surface area (Å²) in [5, 5.41) is 4.91. The van der Waals surface area contributed by atoms with Crippen LogP contribution in [0.25, 0.3) is 11.5 Å². The van der Waals surface area contributed by atoms with Crippen molar-refractivity contribution in [1.29, 1.82) is 0 Å². The van der Waals surface area contributed by atoms with Gasteiger partial charge in [0.2, 0.25) is 0 Å². The molecule has 2 aromatic carbocycles. The second-order valence-electron chi connectivity index (χ2n) is 7.45. The lowest BCUT2D eigenvalue weighted by Gasteiger charge is -2.19. The van der Waals surface area contributed by atoms with E-state index in [1.54, 1.807) is 11.8 Å². The van der Waals surface area contributed by atoms with Gasteiger partial charge in [0.15, 0.2) is 0 Å². The van der Waals surface area contributed by atoms with Gasteiger partial charge in [-0.3, -0.25) is 4.79 Å². The first-order chi connectivity index (χ1) is 14.7. The van der Waals surface area contributed by atoms with Gasteiger partial charge in [-0.1, -0.05) is 29.8 Å². The van der Waals surface area contributed by atoms with E-state index in [9.17, 15) is 4.79 Å². The predicted molar refractivity (Wildman–Crippen MR) is 119 cm³/mol. The van der Waals surface area contributed by atoms with Crippen molar-refractivity contribution in [2.75, 3.05) is 6.26 Å². The first-order valence-corrected chi connectivity index (χ1v) is 11.1. The van der Waals surface area contributed by atoms with Crippen LogP contribution in [0.3, 0.4) is 0 Å². The summed E-state index contributed by atoms with van der Waals surface area (Å²) in [7, 11) is 0. The van der Waals surface area contributed by atoms with E-state index in [2.05, 4.69) is 35.8 Å². The normalized spacial score (nSPS) is 12.9. The SMILES string of the molecule is CSc1ccccc1C(=O)N1Cc2nn(-c3ccc(C)cc3)c(-n3cccc3)c2C1. The number of benzene rings is 2. The fourth-order valence-electron chi connectivity index (χ4n) is 3.94. The summed E-state index contributed by atoms with van der Waals surface area (Å²) in [5.74, 6) is 1.05. The largest absolute Gasteiger partial charge is 0.328 e. The maximum absolute atomic E-state index is 13.3. The minimum atomic E-state index is 0.0540. The zero-order valence-electron chi connectivity index (χ0n) is 16.9. The third kappa shape index (κ3) is 3.13. The van der Waals surface area contributed by atoms with Crippen LogP contribution in [0.5, 0.6) is 0 Å². The maximum atomic E-state index is 13.3. The van der Waals surface area contributed by atoms with E-state index < -0.39 is 0 Å². The summed E-state index contributed by atoms with van der Waals surface area (Å²) in [6.07, 6.45) is 6.05. The standard InChI is InChI=1S/C24H22N4OS/c1-17-9-11-18(12-10-17)28-23(26-13-5-6-14-26)20-15-27(16-21(20)25-28)24(29)19-7-3-4-8-22(19)30-2/h3-14H,15-16H2,1-2H3. The van der Waals surface area contributed by atoms with Crippen LogP contribution in [0.15, 0.2) is 78.0 Å². The summed E-state index contributed by atoms with van der Waals surface area (Å²) in [6.45, 7) is 3.15. The summed E-state index contributed by atoms with van der Waals surface area (Å²) in [6, 6.07) is 20.2. The van der Waals surface area contributed by atoms with Crippen LogP contribution in [-0.2, 0) is 13.1 Å². The Morgan fingerprint density at radius 1 is 0.967 bits per heavy atom. The van der Waals surface area contributed by atoms with Crippen LogP contribution in [0.4, 0.5) is 0 Å². The van der Waals surface area contributed by atoms with Crippen LogP contribution in [0.2, 0.25) is 0 Å². The first-order valence-electron chi connectivity index (χ1n) is 9.89. The number of hydrogen-bond acceptors (Lipinski definition) is 3. The molecule has 0 unspecified atom stereocenters. The molecule has 5 nitrogen and oxygen atoms in total. The number of amides is 1. The molecule has 1 aliphatic heterocycles. The Kier molecular flexibility index (Phi) is 4.71. The molecule has 0 saturated heterocycles. The lowest BCUT2D eigenvalue weighted by Crippen LogP contribution is -2.26. The molecule has 0 N–H and O–H groups in total. The van der Waals surface area contributed by atoms with E-state index in [1.807, 2.05) is 64.6 Å². The molecule has 4 aromatic rings. The van der Waals surface area contributed by atoms with Gasteiger partial charge >= 0.3 is 0 Å². The zero-order valence-corrected chi connectivity index (χ0v) is 17.8. The fourth-order valence-corrected chi connectivity index (χ4v) is 4.53.